The Balaban J connectivity index is 1.73. The van der Waals surface area contributed by atoms with Crippen LogP contribution in [0.5, 0.6) is 5.75 Å². The summed E-state index contributed by atoms with van der Waals surface area (Å²) < 4.78 is 5.40. The number of benzene rings is 1. The van der Waals surface area contributed by atoms with Crippen LogP contribution in [0.2, 0.25) is 0 Å². The van der Waals surface area contributed by atoms with Gasteiger partial charge < -0.3 is 9.64 Å². The predicted molar refractivity (Wildman–Crippen MR) is 105 cm³/mol. The molecule has 2 amide bonds. The van der Waals surface area contributed by atoms with Gasteiger partial charge in [0.15, 0.2) is 5.13 Å². The molecule has 144 valence electrons. The van der Waals surface area contributed by atoms with Crippen molar-refractivity contribution in [2.45, 2.75) is 20.4 Å². The minimum Gasteiger partial charge on any atom is -0.495 e. The molecule has 0 radical (unpaired) electrons. The molecule has 1 aliphatic rings. The largest absolute Gasteiger partial charge is 0.495 e. The number of piperazine rings is 1. The summed E-state index contributed by atoms with van der Waals surface area (Å²) in [4.78, 5) is 34.1. The molecule has 2 aromatic rings. The predicted octanol–water partition coefficient (Wildman–Crippen LogP) is 2.50. The fraction of sp³-hybridized carbons (Fsp3) is 0.421. The lowest BCUT2D eigenvalue weighted by molar-refractivity contribution is -0.130. The van der Waals surface area contributed by atoms with E-state index in [2.05, 4.69) is 9.88 Å². The summed E-state index contributed by atoms with van der Waals surface area (Å²) in [5.41, 5.74) is 1.61. The lowest BCUT2D eigenvalue weighted by Crippen LogP contribution is -2.47. The highest BCUT2D eigenvalue weighted by atomic mass is 32.1. The number of ether oxygens (including phenoxy) is 1. The first-order chi connectivity index (χ1) is 13.0. The number of anilines is 2. The highest BCUT2D eigenvalue weighted by Gasteiger charge is 2.23. The number of carbonyl (C=O) groups is 2. The number of hydrogen-bond donors (Lipinski definition) is 0. The van der Waals surface area contributed by atoms with Crippen molar-refractivity contribution in [3.8, 4) is 5.75 Å². The first-order valence-corrected chi connectivity index (χ1v) is 9.73. The van der Waals surface area contributed by atoms with Gasteiger partial charge in [-0.15, -0.1) is 11.3 Å². The van der Waals surface area contributed by atoms with Gasteiger partial charge in [-0.2, -0.15) is 0 Å². The molecule has 0 bridgehead atoms. The van der Waals surface area contributed by atoms with Crippen molar-refractivity contribution >= 4 is 34.0 Å². The topological polar surface area (TPSA) is 66.0 Å². The Morgan fingerprint density at radius 2 is 1.89 bits per heavy atom. The summed E-state index contributed by atoms with van der Waals surface area (Å²) in [7, 11) is 1.59. The van der Waals surface area contributed by atoms with Gasteiger partial charge in [-0.25, -0.2) is 4.98 Å². The van der Waals surface area contributed by atoms with Crippen LogP contribution in [0.3, 0.4) is 0 Å². The summed E-state index contributed by atoms with van der Waals surface area (Å²) in [5, 5.41) is 2.61. The zero-order valence-electron chi connectivity index (χ0n) is 15.8. The second-order valence-corrected chi connectivity index (χ2v) is 7.27. The zero-order valence-corrected chi connectivity index (χ0v) is 16.7. The van der Waals surface area contributed by atoms with Gasteiger partial charge in [-0.1, -0.05) is 12.1 Å². The average molecular weight is 388 g/mol. The highest BCUT2D eigenvalue weighted by molar-refractivity contribution is 7.14. The molecule has 1 aliphatic heterocycles. The lowest BCUT2D eigenvalue weighted by Gasteiger charge is -2.33. The lowest BCUT2D eigenvalue weighted by atomic mass is 10.2. The van der Waals surface area contributed by atoms with Crippen molar-refractivity contribution in [2.24, 2.45) is 0 Å². The SMILES string of the molecule is COc1ccccc1N(C(C)=O)c1nc(CN2CCN(C(C)=O)CC2)cs1. The molecule has 27 heavy (non-hydrogen) atoms. The first-order valence-electron chi connectivity index (χ1n) is 8.85. The molecule has 7 nitrogen and oxygen atoms in total. The van der Waals surface area contributed by atoms with E-state index in [4.69, 9.17) is 4.74 Å². The maximum absolute atomic E-state index is 12.3. The first kappa shape index (κ1) is 19.3. The van der Waals surface area contributed by atoms with Crippen molar-refractivity contribution in [2.75, 3.05) is 38.2 Å². The molecule has 0 unspecified atom stereocenters. The van der Waals surface area contributed by atoms with Gasteiger partial charge in [0.2, 0.25) is 11.8 Å². The zero-order chi connectivity index (χ0) is 19.4. The quantitative estimate of drug-likeness (QED) is 0.787. The molecule has 3 rings (SSSR count). The Labute approximate surface area is 163 Å². The third kappa shape index (κ3) is 4.45. The van der Waals surface area contributed by atoms with Crippen LogP contribution in [-0.4, -0.2) is 59.9 Å². The Kier molecular flexibility index (Phi) is 6.08. The van der Waals surface area contributed by atoms with E-state index in [1.807, 2.05) is 34.5 Å². The molecule has 1 fully saturated rings. The number of para-hydroxylation sites is 2. The molecule has 2 heterocycles. The van der Waals surface area contributed by atoms with Gasteiger partial charge in [0, 0.05) is 52.0 Å². The Bertz CT molecular complexity index is 815. The van der Waals surface area contributed by atoms with Crippen LogP contribution < -0.4 is 9.64 Å². The Morgan fingerprint density at radius 1 is 1.19 bits per heavy atom. The van der Waals surface area contributed by atoms with E-state index in [1.165, 1.54) is 18.3 Å². The molecule has 1 saturated heterocycles. The van der Waals surface area contributed by atoms with Crippen LogP contribution in [0.25, 0.3) is 0 Å². The van der Waals surface area contributed by atoms with Crippen LogP contribution in [0.1, 0.15) is 19.5 Å². The number of methoxy groups -OCH3 is 1. The molecular weight excluding hydrogens is 364 g/mol. The number of thiazole rings is 1. The fourth-order valence-electron chi connectivity index (χ4n) is 3.14. The second kappa shape index (κ2) is 8.49. The van der Waals surface area contributed by atoms with Crippen molar-refractivity contribution in [1.82, 2.24) is 14.8 Å². The Morgan fingerprint density at radius 3 is 2.52 bits per heavy atom. The van der Waals surface area contributed by atoms with E-state index < -0.39 is 0 Å². The van der Waals surface area contributed by atoms with E-state index >= 15 is 0 Å². The van der Waals surface area contributed by atoms with Crippen LogP contribution in [0, 0.1) is 0 Å². The van der Waals surface area contributed by atoms with Gasteiger partial charge >= 0.3 is 0 Å². The molecule has 0 atom stereocenters. The van der Waals surface area contributed by atoms with E-state index in [0.717, 1.165) is 31.9 Å². The van der Waals surface area contributed by atoms with Gasteiger partial charge in [0.1, 0.15) is 5.75 Å². The number of nitrogens with zero attached hydrogens (tertiary/aromatic N) is 4. The third-order valence-corrected chi connectivity index (χ3v) is 5.45. The number of rotatable bonds is 5. The monoisotopic (exact) mass is 388 g/mol. The van der Waals surface area contributed by atoms with E-state index in [9.17, 15) is 9.59 Å². The standard InChI is InChI=1S/C19H24N4O3S/c1-14(24)22-10-8-21(9-11-22)12-16-13-27-19(20-16)23(15(2)25)17-6-4-5-7-18(17)26-3/h4-7,13H,8-12H2,1-3H3. The summed E-state index contributed by atoms with van der Waals surface area (Å²) in [6, 6.07) is 7.42. The summed E-state index contributed by atoms with van der Waals surface area (Å²) in [6.07, 6.45) is 0. The summed E-state index contributed by atoms with van der Waals surface area (Å²) in [6.45, 7) is 6.98. The number of amides is 2. The second-order valence-electron chi connectivity index (χ2n) is 6.43. The van der Waals surface area contributed by atoms with E-state index in [1.54, 1.807) is 18.9 Å². The van der Waals surface area contributed by atoms with Gasteiger partial charge in [0.05, 0.1) is 18.5 Å². The van der Waals surface area contributed by atoms with Crippen LogP contribution in [-0.2, 0) is 16.1 Å². The maximum atomic E-state index is 12.3. The van der Waals surface area contributed by atoms with Crippen LogP contribution in [0.4, 0.5) is 10.8 Å². The minimum atomic E-state index is -0.115. The normalized spacial score (nSPS) is 14.9. The summed E-state index contributed by atoms with van der Waals surface area (Å²) in [5.74, 6) is 0.639. The van der Waals surface area contributed by atoms with Crippen molar-refractivity contribution in [3.63, 3.8) is 0 Å². The number of hydrogen-bond acceptors (Lipinski definition) is 6. The number of aromatic nitrogens is 1. The smallest absolute Gasteiger partial charge is 0.230 e. The van der Waals surface area contributed by atoms with Crippen molar-refractivity contribution in [1.29, 1.82) is 0 Å². The molecule has 0 aliphatic carbocycles. The minimum absolute atomic E-state index is 0.115. The van der Waals surface area contributed by atoms with Gasteiger partial charge in [-0.05, 0) is 12.1 Å². The molecular formula is C19H24N4O3S. The highest BCUT2D eigenvalue weighted by Crippen LogP contribution is 2.35. The molecule has 0 N–H and O–H groups in total. The molecule has 0 saturated carbocycles. The van der Waals surface area contributed by atoms with E-state index in [0.29, 0.717) is 23.1 Å². The van der Waals surface area contributed by atoms with Crippen molar-refractivity contribution < 1.29 is 14.3 Å². The van der Waals surface area contributed by atoms with E-state index in [-0.39, 0.29) is 11.8 Å². The van der Waals surface area contributed by atoms with Crippen LogP contribution in [0.15, 0.2) is 29.6 Å². The van der Waals surface area contributed by atoms with Gasteiger partial charge in [0.25, 0.3) is 0 Å². The molecule has 8 heteroatoms. The summed E-state index contributed by atoms with van der Waals surface area (Å²) >= 11 is 1.44. The van der Waals surface area contributed by atoms with Gasteiger partial charge in [-0.3, -0.25) is 19.4 Å². The van der Waals surface area contributed by atoms with Crippen molar-refractivity contribution in [3.05, 3.63) is 35.3 Å². The third-order valence-electron chi connectivity index (χ3n) is 4.58. The fourth-order valence-corrected chi connectivity index (χ4v) is 4.01. The molecule has 1 aromatic heterocycles. The Hall–Kier alpha value is -2.45. The molecule has 1 aromatic carbocycles. The average Bonchev–Trinajstić information content (AvgIpc) is 3.10. The number of carbonyl (C=O) groups excluding carboxylic acids is 2. The molecule has 0 spiro atoms. The maximum Gasteiger partial charge on any atom is 0.230 e. The van der Waals surface area contributed by atoms with Crippen LogP contribution >= 0.6 is 11.3 Å².